The third-order valence-corrected chi connectivity index (χ3v) is 2.94. The molecule has 19 heavy (non-hydrogen) atoms. The van der Waals surface area contributed by atoms with Crippen molar-refractivity contribution in [2.24, 2.45) is 0 Å². The van der Waals surface area contributed by atoms with E-state index in [-0.39, 0.29) is 6.04 Å². The molecular weight excluding hydrogens is 240 g/mol. The molecule has 1 N–H and O–H groups in total. The number of likely N-dealkylation sites (N-methyl/N-ethyl adjacent to an activating group) is 1. The molecule has 1 unspecified atom stereocenters. The molecule has 102 valence electrons. The normalized spacial score (nSPS) is 12.8. The van der Waals surface area contributed by atoms with Crippen LogP contribution in [0, 0.1) is 0 Å². The molecule has 0 saturated heterocycles. The van der Waals surface area contributed by atoms with Gasteiger partial charge in [0.2, 0.25) is 0 Å². The van der Waals surface area contributed by atoms with Gasteiger partial charge in [0.15, 0.2) is 0 Å². The van der Waals surface area contributed by atoms with Crippen LogP contribution in [0.1, 0.15) is 44.4 Å². The highest BCUT2D eigenvalue weighted by atomic mass is 15.3. The van der Waals surface area contributed by atoms with E-state index in [4.69, 9.17) is 0 Å². The summed E-state index contributed by atoms with van der Waals surface area (Å²) in [5, 5.41) is 7.70. The van der Waals surface area contributed by atoms with E-state index in [1.54, 1.807) is 18.9 Å². The smallest absolute Gasteiger partial charge is 0.138 e. The Bertz CT molecular complexity index is 493. The topological polar surface area (TPSA) is 68.5 Å². The van der Waals surface area contributed by atoms with Gasteiger partial charge in [0.1, 0.15) is 18.5 Å². The third-order valence-electron chi connectivity index (χ3n) is 2.94. The maximum Gasteiger partial charge on any atom is 0.138 e. The van der Waals surface area contributed by atoms with Crippen molar-refractivity contribution in [1.29, 1.82) is 0 Å². The molecule has 0 fully saturated rings. The summed E-state index contributed by atoms with van der Waals surface area (Å²) in [6.07, 6.45) is 5.72. The van der Waals surface area contributed by atoms with E-state index in [0.717, 1.165) is 24.5 Å². The molecule has 0 spiro atoms. The minimum Gasteiger partial charge on any atom is -0.309 e. The van der Waals surface area contributed by atoms with E-state index in [0.29, 0.717) is 6.04 Å². The molecule has 0 aliphatic rings. The van der Waals surface area contributed by atoms with E-state index in [1.165, 1.54) is 0 Å². The van der Waals surface area contributed by atoms with Crippen molar-refractivity contribution in [2.75, 3.05) is 6.54 Å². The average molecular weight is 260 g/mol. The zero-order valence-corrected chi connectivity index (χ0v) is 11.6. The lowest BCUT2D eigenvalue weighted by Crippen LogP contribution is -2.25. The van der Waals surface area contributed by atoms with Crippen molar-refractivity contribution in [3.8, 4) is 0 Å². The Labute approximate surface area is 113 Å². The molecule has 2 aromatic rings. The summed E-state index contributed by atoms with van der Waals surface area (Å²) in [5.74, 6) is 0.972. The van der Waals surface area contributed by atoms with Crippen LogP contribution in [0.2, 0.25) is 0 Å². The van der Waals surface area contributed by atoms with E-state index >= 15 is 0 Å². The largest absolute Gasteiger partial charge is 0.309 e. The van der Waals surface area contributed by atoms with Crippen LogP contribution in [-0.2, 0) is 6.42 Å². The molecule has 0 amide bonds. The Kier molecular flexibility index (Phi) is 4.57. The lowest BCUT2D eigenvalue weighted by molar-refractivity contribution is 0.464. The second kappa shape index (κ2) is 6.38. The molecule has 0 radical (unpaired) electrons. The predicted octanol–water partition coefficient (Wildman–Crippen LogP) is 1.54. The van der Waals surface area contributed by atoms with Crippen molar-refractivity contribution in [3.63, 3.8) is 0 Å². The summed E-state index contributed by atoms with van der Waals surface area (Å²) >= 11 is 0. The van der Waals surface area contributed by atoms with Gasteiger partial charge >= 0.3 is 0 Å². The SMILES string of the molecule is CCNC(Cc1ncnn1C(C)C)c1ccncn1. The zero-order valence-electron chi connectivity index (χ0n) is 11.6. The van der Waals surface area contributed by atoms with Crippen LogP contribution in [0.15, 0.2) is 24.9 Å². The quantitative estimate of drug-likeness (QED) is 0.853. The van der Waals surface area contributed by atoms with Crippen LogP contribution in [-0.4, -0.2) is 31.3 Å². The van der Waals surface area contributed by atoms with Crippen LogP contribution in [0.4, 0.5) is 0 Å². The van der Waals surface area contributed by atoms with E-state index in [1.807, 2.05) is 10.7 Å². The second-order valence-electron chi connectivity index (χ2n) is 4.66. The van der Waals surface area contributed by atoms with Gasteiger partial charge in [0.05, 0.1) is 11.7 Å². The lowest BCUT2D eigenvalue weighted by atomic mass is 10.1. The first-order valence-corrected chi connectivity index (χ1v) is 6.60. The molecule has 0 aliphatic heterocycles. The first-order valence-electron chi connectivity index (χ1n) is 6.60. The number of aromatic nitrogens is 5. The molecule has 0 aliphatic carbocycles. The van der Waals surface area contributed by atoms with Gasteiger partial charge in [0.25, 0.3) is 0 Å². The lowest BCUT2D eigenvalue weighted by Gasteiger charge is -2.18. The van der Waals surface area contributed by atoms with E-state index < -0.39 is 0 Å². The predicted molar refractivity (Wildman–Crippen MR) is 72.6 cm³/mol. The van der Waals surface area contributed by atoms with Gasteiger partial charge in [-0.2, -0.15) is 5.10 Å². The Balaban J connectivity index is 2.19. The minimum atomic E-state index is 0.134. The second-order valence-corrected chi connectivity index (χ2v) is 4.66. The zero-order chi connectivity index (χ0) is 13.7. The van der Waals surface area contributed by atoms with Crippen LogP contribution in [0.5, 0.6) is 0 Å². The number of rotatable bonds is 6. The van der Waals surface area contributed by atoms with Crippen molar-refractivity contribution >= 4 is 0 Å². The Morgan fingerprint density at radius 2 is 2.11 bits per heavy atom. The van der Waals surface area contributed by atoms with Crippen molar-refractivity contribution in [3.05, 3.63) is 36.4 Å². The van der Waals surface area contributed by atoms with Gasteiger partial charge in [0, 0.05) is 18.7 Å². The van der Waals surface area contributed by atoms with Crippen molar-refractivity contribution < 1.29 is 0 Å². The summed E-state index contributed by atoms with van der Waals surface area (Å²) in [4.78, 5) is 12.6. The summed E-state index contributed by atoms with van der Waals surface area (Å²) < 4.78 is 1.95. The number of nitrogens with one attached hydrogen (secondary N) is 1. The van der Waals surface area contributed by atoms with Gasteiger partial charge in [-0.05, 0) is 26.5 Å². The molecule has 6 nitrogen and oxygen atoms in total. The minimum absolute atomic E-state index is 0.134. The molecule has 6 heteroatoms. The van der Waals surface area contributed by atoms with Crippen LogP contribution < -0.4 is 5.32 Å². The highest BCUT2D eigenvalue weighted by Crippen LogP contribution is 2.16. The van der Waals surface area contributed by atoms with E-state index in [9.17, 15) is 0 Å². The number of hydrogen-bond donors (Lipinski definition) is 1. The fourth-order valence-electron chi connectivity index (χ4n) is 2.07. The molecular formula is C13H20N6. The third kappa shape index (κ3) is 3.35. The first-order chi connectivity index (χ1) is 9.22. The summed E-state index contributed by atoms with van der Waals surface area (Å²) in [6.45, 7) is 7.17. The van der Waals surface area contributed by atoms with E-state index in [2.05, 4.69) is 46.1 Å². The highest BCUT2D eigenvalue weighted by Gasteiger charge is 2.17. The molecule has 2 rings (SSSR count). The van der Waals surface area contributed by atoms with Gasteiger partial charge in [-0.25, -0.2) is 19.6 Å². The van der Waals surface area contributed by atoms with Crippen LogP contribution in [0.3, 0.4) is 0 Å². The first kappa shape index (κ1) is 13.6. The molecule has 2 heterocycles. The standard InChI is InChI=1S/C13H20N6/c1-4-15-12(11-5-6-14-8-16-11)7-13-17-9-18-19(13)10(2)3/h5-6,8-10,12,15H,4,7H2,1-3H3. The fraction of sp³-hybridized carbons (Fsp3) is 0.538. The molecule has 2 aromatic heterocycles. The number of nitrogens with zero attached hydrogens (tertiary/aromatic N) is 5. The fourth-order valence-corrected chi connectivity index (χ4v) is 2.07. The van der Waals surface area contributed by atoms with Gasteiger partial charge in [-0.3, -0.25) is 0 Å². The molecule has 0 saturated carbocycles. The van der Waals surface area contributed by atoms with Gasteiger partial charge in [-0.1, -0.05) is 6.92 Å². The summed E-state index contributed by atoms with van der Waals surface area (Å²) in [6, 6.07) is 2.38. The average Bonchev–Trinajstić information content (AvgIpc) is 2.88. The number of hydrogen-bond acceptors (Lipinski definition) is 5. The van der Waals surface area contributed by atoms with Crippen molar-refractivity contribution in [1.82, 2.24) is 30.0 Å². The summed E-state index contributed by atoms with van der Waals surface area (Å²) in [7, 11) is 0. The van der Waals surface area contributed by atoms with Crippen molar-refractivity contribution in [2.45, 2.75) is 39.3 Å². The maximum absolute atomic E-state index is 4.35. The Morgan fingerprint density at radius 3 is 2.74 bits per heavy atom. The Hall–Kier alpha value is -1.82. The molecule has 0 aromatic carbocycles. The van der Waals surface area contributed by atoms with Gasteiger partial charge in [-0.15, -0.1) is 0 Å². The van der Waals surface area contributed by atoms with Crippen LogP contribution in [0.25, 0.3) is 0 Å². The van der Waals surface area contributed by atoms with Gasteiger partial charge < -0.3 is 5.32 Å². The Morgan fingerprint density at radius 1 is 1.26 bits per heavy atom. The van der Waals surface area contributed by atoms with Crippen LogP contribution >= 0.6 is 0 Å². The summed E-state index contributed by atoms with van der Waals surface area (Å²) in [5.41, 5.74) is 0.982. The maximum atomic E-state index is 4.35. The monoisotopic (exact) mass is 260 g/mol. The molecule has 1 atom stereocenters. The molecule has 0 bridgehead atoms. The highest BCUT2D eigenvalue weighted by molar-refractivity contribution is 5.08.